The number of halogens is 2. The Hall–Kier alpha value is -1.59. The minimum atomic E-state index is -2.70. The number of rotatable bonds is 10. The molecule has 2 atom stereocenters. The van der Waals surface area contributed by atoms with Gasteiger partial charge in [-0.3, -0.25) is 0 Å². The fourth-order valence-electron chi connectivity index (χ4n) is 3.80. The van der Waals surface area contributed by atoms with Gasteiger partial charge >= 0.3 is 0 Å². The molecule has 3 aromatic rings. The number of aliphatic hydroxyl groups is 2. The van der Waals surface area contributed by atoms with Crippen molar-refractivity contribution in [1.82, 2.24) is 14.6 Å². The number of fused-ring (bicyclic) bond motifs is 1. The molecule has 0 bridgehead atoms. The average Bonchev–Trinajstić information content (AvgIpc) is 3.46. The van der Waals surface area contributed by atoms with Crippen molar-refractivity contribution in [2.75, 3.05) is 25.1 Å². The van der Waals surface area contributed by atoms with Crippen LogP contribution in [0.3, 0.4) is 0 Å². The van der Waals surface area contributed by atoms with Crippen molar-refractivity contribution in [2.24, 2.45) is 0 Å². The number of nitrogens with one attached hydrogen (secondary N) is 1. The molecule has 0 radical (unpaired) electrons. The first kappa shape index (κ1) is 25.5. The molecule has 1 saturated heterocycles. The van der Waals surface area contributed by atoms with Gasteiger partial charge in [0.2, 0.25) is 13.7 Å². The molecule has 34 heavy (non-hydrogen) atoms. The minimum absolute atomic E-state index is 0.0126. The normalized spacial score (nSPS) is 18.8. The predicted molar refractivity (Wildman–Crippen MR) is 128 cm³/mol. The third-order valence-electron chi connectivity index (χ3n) is 5.75. The van der Waals surface area contributed by atoms with Gasteiger partial charge in [-0.25, -0.2) is 4.52 Å². The third kappa shape index (κ3) is 5.31. The topological polar surface area (TPSA) is 142 Å². The maximum atomic E-state index is 9.53. The molecule has 1 aromatic carbocycles. The summed E-state index contributed by atoms with van der Waals surface area (Å²) in [5.41, 5.74) is 2.42. The van der Waals surface area contributed by atoms with E-state index in [0.29, 0.717) is 30.2 Å². The van der Waals surface area contributed by atoms with Gasteiger partial charge in [0.1, 0.15) is 11.6 Å². The van der Waals surface area contributed by atoms with Gasteiger partial charge < -0.3 is 34.8 Å². The maximum absolute atomic E-state index is 9.53. The van der Waals surface area contributed by atoms with Gasteiger partial charge in [0.05, 0.1) is 31.6 Å². The molecule has 1 aliphatic heterocycles. The molecule has 5 N–H and O–H groups in total. The fraction of sp³-hybridized carbons (Fsp3) is 0.429. The summed E-state index contributed by atoms with van der Waals surface area (Å²) in [6.07, 6.45) is 0.636. The Balaban J connectivity index is 1.47. The van der Waals surface area contributed by atoms with Crippen LogP contribution in [0, 0.1) is 0 Å². The highest BCUT2D eigenvalue weighted by Gasteiger charge is 2.40. The van der Waals surface area contributed by atoms with E-state index in [-0.39, 0.29) is 24.1 Å². The van der Waals surface area contributed by atoms with Crippen molar-refractivity contribution >= 4 is 42.9 Å². The molecule has 1 aliphatic rings. The van der Waals surface area contributed by atoms with E-state index >= 15 is 0 Å². The first-order chi connectivity index (χ1) is 16.4. The lowest BCUT2D eigenvalue weighted by Gasteiger charge is -2.31. The second kappa shape index (κ2) is 11.0. The smallest absolute Gasteiger partial charge is 0.243 e. The average molecular weight is 531 g/mol. The molecule has 0 saturated carbocycles. The highest BCUT2D eigenvalue weighted by atomic mass is 35.5. The molecular formula is C21H25Cl2N4O6P. The van der Waals surface area contributed by atoms with Gasteiger partial charge in [-0.2, -0.15) is 4.98 Å². The molecule has 2 aromatic heterocycles. The van der Waals surface area contributed by atoms with Crippen LogP contribution in [-0.2, 0) is 16.0 Å². The second-order valence-electron chi connectivity index (χ2n) is 7.92. The standard InChI is InChI=1S/C21H25Cl2N4O6P/c22-15-4-2-1-3-13(15)9-24-19-17-7-6-16(27(17)26-20(23)25-19)18-8-5-14(33-18)10-32-21(11-28,12-29)34(30)31/h1-4,6-7,14,18,28-31H,5,8-12H2,(H,24,25,26). The summed E-state index contributed by atoms with van der Waals surface area (Å²) < 4.78 is 13.3. The van der Waals surface area contributed by atoms with E-state index in [2.05, 4.69) is 15.4 Å². The van der Waals surface area contributed by atoms with Crippen LogP contribution in [0.4, 0.5) is 5.82 Å². The summed E-state index contributed by atoms with van der Waals surface area (Å²) in [5.74, 6) is 0.555. The van der Waals surface area contributed by atoms with E-state index in [1.807, 2.05) is 36.4 Å². The van der Waals surface area contributed by atoms with E-state index in [0.717, 1.165) is 16.8 Å². The quantitative estimate of drug-likeness (QED) is 0.250. The summed E-state index contributed by atoms with van der Waals surface area (Å²) in [6, 6.07) is 11.3. The Morgan fingerprint density at radius 1 is 1.15 bits per heavy atom. The summed E-state index contributed by atoms with van der Waals surface area (Å²) in [7, 11) is -2.70. The van der Waals surface area contributed by atoms with Crippen molar-refractivity contribution in [2.45, 2.75) is 36.9 Å². The number of anilines is 1. The zero-order chi connectivity index (χ0) is 24.3. The molecule has 1 fully saturated rings. The van der Waals surface area contributed by atoms with E-state index in [1.54, 1.807) is 4.52 Å². The van der Waals surface area contributed by atoms with Crippen LogP contribution in [0.2, 0.25) is 10.3 Å². The van der Waals surface area contributed by atoms with E-state index < -0.39 is 26.9 Å². The van der Waals surface area contributed by atoms with E-state index in [4.69, 9.17) is 32.7 Å². The lowest BCUT2D eigenvalue weighted by atomic mass is 10.1. The van der Waals surface area contributed by atoms with Gasteiger partial charge in [-0.15, -0.1) is 5.10 Å². The number of aromatic nitrogens is 3. The molecule has 2 unspecified atom stereocenters. The van der Waals surface area contributed by atoms with Crippen LogP contribution in [-0.4, -0.2) is 65.9 Å². The van der Waals surface area contributed by atoms with Crippen LogP contribution < -0.4 is 5.32 Å². The zero-order valence-corrected chi connectivity index (χ0v) is 20.4. The molecule has 0 amide bonds. The Morgan fingerprint density at radius 2 is 1.91 bits per heavy atom. The Morgan fingerprint density at radius 3 is 2.62 bits per heavy atom. The van der Waals surface area contributed by atoms with Gasteiger partial charge in [0.15, 0.2) is 11.2 Å². The van der Waals surface area contributed by atoms with Gasteiger partial charge in [0, 0.05) is 11.6 Å². The van der Waals surface area contributed by atoms with Gasteiger partial charge in [-0.1, -0.05) is 29.8 Å². The molecule has 3 heterocycles. The molecule has 13 heteroatoms. The summed E-state index contributed by atoms with van der Waals surface area (Å²) in [5, 5.41) is 25.4. The van der Waals surface area contributed by atoms with Crippen molar-refractivity contribution in [3.05, 3.63) is 58.0 Å². The van der Waals surface area contributed by atoms with Crippen molar-refractivity contribution < 1.29 is 29.5 Å². The number of aliphatic hydroxyl groups excluding tert-OH is 2. The number of benzene rings is 1. The molecule has 0 aliphatic carbocycles. The zero-order valence-electron chi connectivity index (χ0n) is 18.0. The lowest BCUT2D eigenvalue weighted by molar-refractivity contribution is -0.0976. The molecule has 4 rings (SSSR count). The molecule has 10 nitrogen and oxygen atoms in total. The number of nitrogens with zero attached hydrogens (tertiary/aromatic N) is 3. The fourth-order valence-corrected chi connectivity index (χ4v) is 4.61. The summed E-state index contributed by atoms with van der Waals surface area (Å²) in [4.78, 5) is 23.4. The Bertz CT molecular complexity index is 1130. The molecular weight excluding hydrogens is 506 g/mol. The highest BCUT2D eigenvalue weighted by Crippen LogP contribution is 2.43. The van der Waals surface area contributed by atoms with E-state index in [1.165, 1.54) is 0 Å². The third-order valence-corrected chi connectivity index (χ3v) is 7.42. The Labute approximate surface area is 207 Å². The predicted octanol–water partition coefficient (Wildman–Crippen LogP) is 2.86. The highest BCUT2D eigenvalue weighted by molar-refractivity contribution is 7.46. The number of hydrogen-bond donors (Lipinski definition) is 5. The van der Waals surface area contributed by atoms with Gasteiger partial charge in [0.25, 0.3) is 0 Å². The van der Waals surface area contributed by atoms with Crippen molar-refractivity contribution in [3.63, 3.8) is 0 Å². The van der Waals surface area contributed by atoms with Crippen molar-refractivity contribution in [3.8, 4) is 0 Å². The van der Waals surface area contributed by atoms with Crippen LogP contribution in [0.25, 0.3) is 5.52 Å². The second-order valence-corrected chi connectivity index (χ2v) is 10.1. The number of hydrogen-bond acceptors (Lipinski definition) is 9. The van der Waals surface area contributed by atoms with Crippen LogP contribution in [0.5, 0.6) is 0 Å². The maximum Gasteiger partial charge on any atom is 0.243 e. The number of ether oxygens (including phenoxy) is 2. The van der Waals surface area contributed by atoms with Gasteiger partial charge in [-0.05, 0) is 48.2 Å². The van der Waals surface area contributed by atoms with E-state index in [9.17, 15) is 20.0 Å². The summed E-state index contributed by atoms with van der Waals surface area (Å²) >= 11 is 12.4. The van der Waals surface area contributed by atoms with Crippen LogP contribution >= 0.6 is 31.6 Å². The largest absolute Gasteiger partial charge is 0.393 e. The SMILES string of the molecule is OCC(CO)(OCC1CCC(c2ccc3c(NCc4ccccc4Cl)nc(Cl)nn23)O1)P(O)O. The minimum Gasteiger partial charge on any atom is -0.393 e. The van der Waals surface area contributed by atoms with Crippen molar-refractivity contribution in [1.29, 1.82) is 0 Å². The monoisotopic (exact) mass is 530 g/mol. The Kier molecular flexibility index (Phi) is 8.24. The molecule has 0 spiro atoms. The first-order valence-electron chi connectivity index (χ1n) is 10.6. The van der Waals surface area contributed by atoms with Crippen LogP contribution in [0.1, 0.15) is 30.2 Å². The first-order valence-corrected chi connectivity index (χ1v) is 12.6. The molecule has 184 valence electrons. The lowest BCUT2D eigenvalue weighted by Crippen LogP contribution is -2.41. The van der Waals surface area contributed by atoms with Crippen LogP contribution in [0.15, 0.2) is 36.4 Å². The summed E-state index contributed by atoms with van der Waals surface area (Å²) in [6.45, 7) is -0.998.